The molecule has 0 saturated heterocycles. The van der Waals surface area contributed by atoms with Gasteiger partial charge in [0, 0.05) is 26.6 Å². The molecule has 0 heterocycles. The van der Waals surface area contributed by atoms with E-state index in [9.17, 15) is 9.59 Å². The lowest BCUT2D eigenvalue weighted by Gasteiger charge is -2.21. The van der Waals surface area contributed by atoms with Crippen LogP contribution in [0.3, 0.4) is 0 Å². The minimum atomic E-state index is -0.0253. The second kappa shape index (κ2) is 9.02. The van der Waals surface area contributed by atoms with Gasteiger partial charge in [0.1, 0.15) is 0 Å². The summed E-state index contributed by atoms with van der Waals surface area (Å²) in [4.78, 5) is 25.6. The molecular formula is C21H26N2O2. The standard InChI is InChI=1S/C21H26N2O2/c1-16-4-8-19(9-5-16)14-21(25)22-12-13-23(18(3)24)15-20-10-6-17(2)7-11-20/h4-11H,12-15H2,1-3H3,(H,22,25). The zero-order valence-corrected chi connectivity index (χ0v) is 15.2. The summed E-state index contributed by atoms with van der Waals surface area (Å²) in [5, 5.41) is 2.89. The van der Waals surface area contributed by atoms with Gasteiger partial charge in [0.25, 0.3) is 0 Å². The van der Waals surface area contributed by atoms with Crippen molar-refractivity contribution < 1.29 is 9.59 Å². The molecule has 25 heavy (non-hydrogen) atoms. The first-order chi connectivity index (χ1) is 11.9. The van der Waals surface area contributed by atoms with Crippen LogP contribution in [0, 0.1) is 13.8 Å². The second-order valence-corrected chi connectivity index (χ2v) is 6.44. The molecule has 2 amide bonds. The second-order valence-electron chi connectivity index (χ2n) is 6.44. The van der Waals surface area contributed by atoms with Crippen LogP contribution in [0.15, 0.2) is 48.5 Å². The topological polar surface area (TPSA) is 49.4 Å². The number of nitrogens with zero attached hydrogens (tertiary/aromatic N) is 1. The fraction of sp³-hybridized carbons (Fsp3) is 0.333. The summed E-state index contributed by atoms with van der Waals surface area (Å²) < 4.78 is 0. The molecule has 0 bridgehead atoms. The Morgan fingerprint density at radius 2 is 1.40 bits per heavy atom. The van der Waals surface area contributed by atoms with Gasteiger partial charge < -0.3 is 10.2 Å². The van der Waals surface area contributed by atoms with E-state index in [0.717, 1.165) is 11.1 Å². The lowest BCUT2D eigenvalue weighted by atomic mass is 10.1. The summed E-state index contributed by atoms with van der Waals surface area (Å²) in [6.45, 7) is 7.13. The number of hydrogen-bond acceptors (Lipinski definition) is 2. The Hall–Kier alpha value is -2.62. The molecule has 0 aromatic heterocycles. The number of aryl methyl sites for hydroxylation is 2. The maximum atomic E-state index is 12.0. The van der Waals surface area contributed by atoms with E-state index in [1.807, 2.05) is 62.4 Å². The number of rotatable bonds is 7. The van der Waals surface area contributed by atoms with Crippen molar-refractivity contribution in [3.63, 3.8) is 0 Å². The van der Waals surface area contributed by atoms with E-state index in [-0.39, 0.29) is 11.8 Å². The van der Waals surface area contributed by atoms with Gasteiger partial charge in [-0.25, -0.2) is 0 Å². The predicted molar refractivity (Wildman–Crippen MR) is 100 cm³/mol. The van der Waals surface area contributed by atoms with E-state index >= 15 is 0 Å². The highest BCUT2D eigenvalue weighted by Gasteiger charge is 2.10. The van der Waals surface area contributed by atoms with Crippen LogP contribution in [-0.2, 0) is 22.6 Å². The average molecular weight is 338 g/mol. The Morgan fingerprint density at radius 3 is 1.92 bits per heavy atom. The maximum absolute atomic E-state index is 12.0. The lowest BCUT2D eigenvalue weighted by molar-refractivity contribution is -0.130. The quantitative estimate of drug-likeness (QED) is 0.844. The molecule has 0 radical (unpaired) electrons. The van der Waals surface area contributed by atoms with E-state index in [1.54, 1.807) is 11.8 Å². The largest absolute Gasteiger partial charge is 0.354 e. The van der Waals surface area contributed by atoms with E-state index < -0.39 is 0 Å². The molecule has 2 rings (SSSR count). The highest BCUT2D eigenvalue weighted by atomic mass is 16.2. The van der Waals surface area contributed by atoms with E-state index in [2.05, 4.69) is 5.32 Å². The highest BCUT2D eigenvalue weighted by molar-refractivity contribution is 5.78. The Morgan fingerprint density at radius 1 is 0.880 bits per heavy atom. The van der Waals surface area contributed by atoms with Crippen molar-refractivity contribution in [3.05, 3.63) is 70.8 Å². The van der Waals surface area contributed by atoms with Gasteiger partial charge in [0.05, 0.1) is 6.42 Å². The highest BCUT2D eigenvalue weighted by Crippen LogP contribution is 2.07. The zero-order valence-electron chi connectivity index (χ0n) is 15.2. The summed E-state index contributed by atoms with van der Waals surface area (Å²) in [5.74, 6) is -0.0175. The number of amides is 2. The lowest BCUT2D eigenvalue weighted by Crippen LogP contribution is -2.37. The molecule has 4 nitrogen and oxygen atoms in total. The summed E-state index contributed by atoms with van der Waals surface area (Å²) in [6.07, 6.45) is 0.359. The number of nitrogens with one attached hydrogen (secondary N) is 1. The van der Waals surface area contributed by atoms with Gasteiger partial charge in [0.15, 0.2) is 0 Å². The Kier molecular flexibility index (Phi) is 6.75. The van der Waals surface area contributed by atoms with Crippen molar-refractivity contribution >= 4 is 11.8 Å². The minimum absolute atomic E-state index is 0.00774. The molecule has 0 saturated carbocycles. The van der Waals surface area contributed by atoms with Crippen LogP contribution in [0.1, 0.15) is 29.2 Å². The van der Waals surface area contributed by atoms with Crippen LogP contribution in [0.5, 0.6) is 0 Å². The van der Waals surface area contributed by atoms with Crippen molar-refractivity contribution in [1.29, 1.82) is 0 Å². The van der Waals surface area contributed by atoms with Crippen molar-refractivity contribution in [2.24, 2.45) is 0 Å². The SMILES string of the molecule is CC(=O)N(CCNC(=O)Cc1ccc(C)cc1)Cc1ccc(C)cc1. The van der Waals surface area contributed by atoms with Gasteiger partial charge in [-0.2, -0.15) is 0 Å². The molecule has 132 valence electrons. The normalized spacial score (nSPS) is 10.4. The Labute approximate surface area is 149 Å². The van der Waals surface area contributed by atoms with Crippen LogP contribution < -0.4 is 5.32 Å². The fourth-order valence-corrected chi connectivity index (χ4v) is 2.55. The summed E-state index contributed by atoms with van der Waals surface area (Å²) in [5.41, 5.74) is 4.46. The van der Waals surface area contributed by atoms with Crippen molar-refractivity contribution in [3.8, 4) is 0 Å². The third kappa shape index (κ3) is 6.42. The van der Waals surface area contributed by atoms with Crippen molar-refractivity contribution in [1.82, 2.24) is 10.2 Å². The summed E-state index contributed by atoms with van der Waals surface area (Å²) >= 11 is 0. The first kappa shape index (κ1) is 18.7. The molecule has 2 aromatic carbocycles. The third-order valence-electron chi connectivity index (χ3n) is 4.13. The maximum Gasteiger partial charge on any atom is 0.224 e. The van der Waals surface area contributed by atoms with Gasteiger partial charge >= 0.3 is 0 Å². The molecular weight excluding hydrogens is 312 g/mol. The fourth-order valence-electron chi connectivity index (χ4n) is 2.55. The first-order valence-electron chi connectivity index (χ1n) is 8.57. The molecule has 0 spiro atoms. The Balaban J connectivity index is 1.80. The molecule has 0 aliphatic heterocycles. The van der Waals surface area contributed by atoms with E-state index in [0.29, 0.717) is 26.1 Å². The number of carbonyl (C=O) groups is 2. The van der Waals surface area contributed by atoms with Gasteiger partial charge in [-0.05, 0) is 25.0 Å². The first-order valence-corrected chi connectivity index (χ1v) is 8.57. The molecule has 2 aromatic rings. The summed E-state index contributed by atoms with van der Waals surface area (Å²) in [7, 11) is 0. The predicted octanol–water partition coefficient (Wildman–Crippen LogP) is 3.01. The number of benzene rings is 2. The Bertz CT molecular complexity index is 706. The minimum Gasteiger partial charge on any atom is -0.354 e. The van der Waals surface area contributed by atoms with Crippen LogP contribution >= 0.6 is 0 Å². The van der Waals surface area contributed by atoms with Crippen LogP contribution in [0.4, 0.5) is 0 Å². The van der Waals surface area contributed by atoms with Crippen LogP contribution in [0.2, 0.25) is 0 Å². The third-order valence-corrected chi connectivity index (χ3v) is 4.13. The zero-order chi connectivity index (χ0) is 18.2. The molecule has 1 N–H and O–H groups in total. The van der Waals surface area contributed by atoms with Gasteiger partial charge in [0.2, 0.25) is 11.8 Å². The van der Waals surface area contributed by atoms with Crippen molar-refractivity contribution in [2.45, 2.75) is 33.7 Å². The molecule has 0 fully saturated rings. The number of hydrogen-bond donors (Lipinski definition) is 1. The smallest absolute Gasteiger partial charge is 0.224 e. The molecule has 0 aliphatic carbocycles. The van der Waals surface area contributed by atoms with E-state index in [1.165, 1.54) is 11.1 Å². The van der Waals surface area contributed by atoms with Crippen LogP contribution in [0.25, 0.3) is 0 Å². The summed E-state index contributed by atoms with van der Waals surface area (Å²) in [6, 6.07) is 16.1. The van der Waals surface area contributed by atoms with Gasteiger partial charge in [-0.1, -0.05) is 59.7 Å². The van der Waals surface area contributed by atoms with Crippen LogP contribution in [-0.4, -0.2) is 29.8 Å². The van der Waals surface area contributed by atoms with Gasteiger partial charge in [-0.3, -0.25) is 9.59 Å². The molecule has 4 heteroatoms. The molecule has 0 aliphatic rings. The monoisotopic (exact) mass is 338 g/mol. The van der Waals surface area contributed by atoms with E-state index in [4.69, 9.17) is 0 Å². The molecule has 0 unspecified atom stereocenters. The van der Waals surface area contributed by atoms with Gasteiger partial charge in [-0.15, -0.1) is 0 Å². The van der Waals surface area contributed by atoms with Crippen molar-refractivity contribution in [2.75, 3.05) is 13.1 Å². The average Bonchev–Trinajstić information content (AvgIpc) is 2.57. The number of carbonyl (C=O) groups excluding carboxylic acids is 2. The molecule has 0 atom stereocenters.